The fraction of sp³-hybridized carbons (Fsp3) is 0.118. The Hall–Kier alpha value is -3.33. The molecule has 1 aromatic carbocycles. The zero-order valence-corrected chi connectivity index (χ0v) is 14.7. The van der Waals surface area contributed by atoms with Crippen LogP contribution < -0.4 is 5.32 Å². The smallest absolute Gasteiger partial charge is 0.324 e. The number of thiophene rings is 1. The third kappa shape index (κ3) is 4.01. The minimum atomic E-state index is -0.477. The van der Waals surface area contributed by atoms with Gasteiger partial charge in [0.15, 0.2) is 0 Å². The van der Waals surface area contributed by atoms with Crippen LogP contribution in [0.5, 0.6) is 0 Å². The number of rotatable bonds is 5. The van der Waals surface area contributed by atoms with Crippen molar-refractivity contribution in [3.63, 3.8) is 0 Å². The van der Waals surface area contributed by atoms with Gasteiger partial charge in [0.1, 0.15) is 0 Å². The first kappa shape index (κ1) is 17.5. The number of aryl methyl sites for hydroxylation is 2. The van der Waals surface area contributed by atoms with Gasteiger partial charge in [-0.2, -0.15) is 0 Å². The average Bonchev–Trinajstić information content (AvgIpc) is 3.24. The van der Waals surface area contributed by atoms with Crippen molar-refractivity contribution in [2.24, 2.45) is 0 Å². The van der Waals surface area contributed by atoms with Crippen molar-refractivity contribution >= 4 is 34.3 Å². The lowest BCUT2D eigenvalue weighted by Crippen LogP contribution is -2.07. The normalized spacial score (nSPS) is 11.0. The number of hydrogen-bond acceptors (Lipinski definition) is 7. The fourth-order valence-corrected chi connectivity index (χ4v) is 2.91. The SMILES string of the molecule is Cc1ccc(C)c(-c2nnc(NC(=O)C=Cc3ccc([N+](=O)[O-])s3)o2)c1. The van der Waals surface area contributed by atoms with Crippen LogP contribution in [0.25, 0.3) is 17.5 Å². The molecule has 2 aromatic heterocycles. The number of carbonyl (C=O) groups excluding carboxylic acids is 1. The van der Waals surface area contributed by atoms with Crippen molar-refractivity contribution in [3.05, 3.63) is 62.5 Å². The van der Waals surface area contributed by atoms with Crippen LogP contribution in [0.15, 0.2) is 40.8 Å². The standard InChI is InChI=1S/C17H14N4O4S/c1-10-3-4-11(2)13(9-10)16-19-20-17(25-16)18-14(22)7-5-12-6-8-15(26-12)21(23)24/h3-9H,1-2H3,(H,18,20,22). The summed E-state index contributed by atoms with van der Waals surface area (Å²) in [5, 5.41) is 20.9. The van der Waals surface area contributed by atoms with Gasteiger partial charge >= 0.3 is 11.0 Å². The molecule has 3 rings (SSSR count). The summed E-state index contributed by atoms with van der Waals surface area (Å²) in [7, 11) is 0. The first-order valence-corrected chi connectivity index (χ1v) is 8.38. The number of amides is 1. The molecule has 0 saturated carbocycles. The largest absolute Gasteiger partial charge is 0.403 e. The summed E-state index contributed by atoms with van der Waals surface area (Å²) in [6.45, 7) is 3.89. The highest BCUT2D eigenvalue weighted by atomic mass is 32.1. The maximum Gasteiger partial charge on any atom is 0.324 e. The summed E-state index contributed by atoms with van der Waals surface area (Å²) < 4.78 is 5.49. The second-order valence-corrected chi connectivity index (χ2v) is 6.58. The third-order valence-corrected chi connectivity index (χ3v) is 4.47. The second kappa shape index (κ2) is 7.28. The molecule has 9 heteroatoms. The van der Waals surface area contributed by atoms with E-state index < -0.39 is 10.8 Å². The summed E-state index contributed by atoms with van der Waals surface area (Å²) >= 11 is 0.976. The number of aromatic nitrogens is 2. The van der Waals surface area contributed by atoms with E-state index in [1.807, 2.05) is 32.0 Å². The van der Waals surface area contributed by atoms with E-state index in [0.717, 1.165) is 28.0 Å². The van der Waals surface area contributed by atoms with Crippen LogP contribution in [0.3, 0.4) is 0 Å². The van der Waals surface area contributed by atoms with Crippen molar-refractivity contribution in [3.8, 4) is 11.5 Å². The number of hydrogen-bond donors (Lipinski definition) is 1. The molecule has 3 aromatic rings. The van der Waals surface area contributed by atoms with Gasteiger partial charge in [-0.25, -0.2) is 0 Å². The lowest BCUT2D eigenvalue weighted by atomic mass is 10.1. The van der Waals surface area contributed by atoms with Gasteiger partial charge in [0.25, 0.3) is 5.91 Å². The van der Waals surface area contributed by atoms with E-state index in [4.69, 9.17) is 4.42 Å². The Bertz CT molecular complexity index is 1010. The third-order valence-electron chi connectivity index (χ3n) is 3.47. The molecule has 0 aliphatic rings. The van der Waals surface area contributed by atoms with Crippen molar-refractivity contribution in [2.75, 3.05) is 5.32 Å². The predicted molar refractivity (Wildman–Crippen MR) is 97.8 cm³/mol. The quantitative estimate of drug-likeness (QED) is 0.413. The maximum absolute atomic E-state index is 11.9. The zero-order chi connectivity index (χ0) is 18.7. The van der Waals surface area contributed by atoms with Gasteiger partial charge < -0.3 is 4.42 Å². The van der Waals surface area contributed by atoms with Gasteiger partial charge in [0.05, 0.1) is 4.92 Å². The van der Waals surface area contributed by atoms with Crippen molar-refractivity contribution < 1.29 is 14.1 Å². The topological polar surface area (TPSA) is 111 Å². The highest BCUT2D eigenvalue weighted by Gasteiger charge is 2.13. The summed E-state index contributed by atoms with van der Waals surface area (Å²) in [4.78, 5) is 22.7. The van der Waals surface area contributed by atoms with Gasteiger partial charge in [0, 0.05) is 22.6 Å². The molecule has 8 nitrogen and oxygen atoms in total. The van der Waals surface area contributed by atoms with Crippen molar-refractivity contribution in [1.82, 2.24) is 10.2 Å². The molecule has 1 N–H and O–H groups in total. The molecule has 0 radical (unpaired) electrons. The summed E-state index contributed by atoms with van der Waals surface area (Å²) in [5.74, 6) is -0.156. The number of nitrogens with zero attached hydrogens (tertiary/aromatic N) is 3. The molecular formula is C17H14N4O4S. The minimum absolute atomic E-state index is 0.0140. The maximum atomic E-state index is 11.9. The van der Waals surface area contributed by atoms with E-state index in [9.17, 15) is 14.9 Å². The molecule has 26 heavy (non-hydrogen) atoms. The van der Waals surface area contributed by atoms with Crippen LogP contribution in [-0.4, -0.2) is 21.0 Å². The van der Waals surface area contributed by atoms with Gasteiger partial charge in [-0.15, -0.1) is 5.10 Å². The monoisotopic (exact) mass is 370 g/mol. The second-order valence-electron chi connectivity index (χ2n) is 5.49. The zero-order valence-electron chi connectivity index (χ0n) is 13.9. The van der Waals surface area contributed by atoms with E-state index in [2.05, 4.69) is 15.5 Å². The van der Waals surface area contributed by atoms with E-state index in [1.54, 1.807) is 6.07 Å². The molecule has 0 bridgehead atoms. The van der Waals surface area contributed by atoms with Gasteiger partial charge in [0.2, 0.25) is 5.89 Å². The number of nitrogens with one attached hydrogen (secondary N) is 1. The van der Waals surface area contributed by atoms with E-state index in [0.29, 0.717) is 10.8 Å². The van der Waals surface area contributed by atoms with Crippen LogP contribution in [0, 0.1) is 24.0 Å². The molecule has 0 unspecified atom stereocenters. The number of carbonyl (C=O) groups is 1. The molecule has 0 atom stereocenters. The Morgan fingerprint density at radius 3 is 2.81 bits per heavy atom. The molecule has 2 heterocycles. The van der Waals surface area contributed by atoms with Crippen LogP contribution in [0.2, 0.25) is 0 Å². The Kier molecular flexibility index (Phi) is 4.90. The lowest BCUT2D eigenvalue weighted by molar-refractivity contribution is -0.380. The van der Waals surface area contributed by atoms with E-state index in [-0.39, 0.29) is 11.0 Å². The lowest BCUT2D eigenvalue weighted by Gasteiger charge is -2.01. The molecule has 0 saturated heterocycles. The summed E-state index contributed by atoms with van der Waals surface area (Å²) in [6.07, 6.45) is 2.73. The molecule has 0 aliphatic carbocycles. The van der Waals surface area contributed by atoms with Crippen LogP contribution in [-0.2, 0) is 4.79 Å². The Balaban J connectivity index is 1.68. The molecule has 0 aliphatic heterocycles. The summed E-state index contributed by atoms with van der Waals surface area (Å²) in [5.41, 5.74) is 2.85. The van der Waals surface area contributed by atoms with Crippen LogP contribution >= 0.6 is 11.3 Å². The van der Waals surface area contributed by atoms with Crippen molar-refractivity contribution in [2.45, 2.75) is 13.8 Å². The van der Waals surface area contributed by atoms with Crippen LogP contribution in [0.4, 0.5) is 11.0 Å². The van der Waals surface area contributed by atoms with Crippen molar-refractivity contribution in [1.29, 1.82) is 0 Å². The number of nitro groups is 1. The van der Waals surface area contributed by atoms with Gasteiger partial charge in [-0.3, -0.25) is 20.2 Å². The van der Waals surface area contributed by atoms with E-state index >= 15 is 0 Å². The highest BCUT2D eigenvalue weighted by molar-refractivity contribution is 7.16. The Morgan fingerprint density at radius 2 is 2.08 bits per heavy atom. The summed E-state index contributed by atoms with van der Waals surface area (Å²) in [6, 6.07) is 8.80. The first-order valence-electron chi connectivity index (χ1n) is 7.57. The molecule has 1 amide bonds. The minimum Gasteiger partial charge on any atom is -0.403 e. The number of benzene rings is 1. The first-order chi connectivity index (χ1) is 12.4. The molecular weight excluding hydrogens is 356 g/mol. The Labute approximate surface area is 152 Å². The average molecular weight is 370 g/mol. The fourth-order valence-electron chi connectivity index (χ4n) is 2.18. The Morgan fingerprint density at radius 1 is 1.27 bits per heavy atom. The van der Waals surface area contributed by atoms with E-state index in [1.165, 1.54) is 18.2 Å². The highest BCUT2D eigenvalue weighted by Crippen LogP contribution is 2.26. The van der Waals surface area contributed by atoms with Crippen LogP contribution in [0.1, 0.15) is 16.0 Å². The molecule has 0 spiro atoms. The van der Waals surface area contributed by atoms with Gasteiger partial charge in [-0.1, -0.05) is 34.1 Å². The predicted octanol–water partition coefficient (Wildman–Crippen LogP) is 3.98. The molecule has 0 fully saturated rings. The molecule has 132 valence electrons. The number of anilines is 1. The van der Waals surface area contributed by atoms with Gasteiger partial charge in [-0.05, 0) is 37.6 Å².